The number of halogens is 7. The van der Waals surface area contributed by atoms with Crippen LogP contribution in [0.2, 0.25) is 5.02 Å². The molecule has 0 bridgehead atoms. The molecule has 0 radical (unpaired) electrons. The molecular weight excluding hydrogens is 700 g/mol. The summed E-state index contributed by atoms with van der Waals surface area (Å²) in [6, 6.07) is 0.572. The number of nitrogens with two attached hydrogens (primary N) is 1. The number of aryl methyl sites for hydroxylation is 1. The molecule has 6 heterocycles. The van der Waals surface area contributed by atoms with Gasteiger partial charge in [-0.25, -0.2) is 13.8 Å². The molecule has 0 saturated carbocycles. The average Bonchev–Trinajstić information content (AvgIpc) is 3.47. The van der Waals surface area contributed by atoms with E-state index in [2.05, 4.69) is 26.7 Å². The van der Waals surface area contributed by atoms with E-state index in [1.165, 1.54) is 6.92 Å². The van der Waals surface area contributed by atoms with Crippen molar-refractivity contribution in [3.05, 3.63) is 28.0 Å². The molecule has 0 unspecified atom stereocenters. The number of hydrogen-bond donors (Lipinski definition) is 1. The van der Waals surface area contributed by atoms with E-state index in [0.717, 1.165) is 31.9 Å². The molecule has 51 heavy (non-hydrogen) atoms. The second-order valence-corrected chi connectivity index (χ2v) is 14.6. The molecule has 2 N–H and O–H groups in total. The number of aromatic nitrogens is 3. The zero-order chi connectivity index (χ0) is 36.2. The van der Waals surface area contributed by atoms with Crippen LogP contribution in [-0.4, -0.2) is 101 Å². The third-order valence-electron chi connectivity index (χ3n) is 10.9. The molecule has 9 nitrogen and oxygen atoms in total. The fourth-order valence-electron chi connectivity index (χ4n) is 8.66. The number of nitrogen functional groups attached to an aromatic ring is 1. The van der Waals surface area contributed by atoms with Crippen LogP contribution in [0, 0.1) is 12.7 Å². The standard InChI is InChI=1S/C35H42ClF6N7O2/c1-3-6-21-16-49-22(7-12-47(21)10-5-9-37)17-50-31-25-30(28(39)24(27(31)36)29-26(35(40,41)42)19(2)13-23(43)44-29)45-33(46-32(25)49)51-18-34-8-4-11-48(34)15-20(38)14-34/h13,20-22H,3-12,14-18H2,1-2H3,(H2,43,44)/t20-,21-,22+,34+/m1/s1. The van der Waals surface area contributed by atoms with Gasteiger partial charge in [-0.05, 0) is 57.2 Å². The van der Waals surface area contributed by atoms with Crippen molar-refractivity contribution in [1.29, 1.82) is 0 Å². The van der Waals surface area contributed by atoms with E-state index < -0.39 is 52.2 Å². The number of anilines is 2. The summed E-state index contributed by atoms with van der Waals surface area (Å²) < 4.78 is 101. The van der Waals surface area contributed by atoms with E-state index in [9.17, 15) is 22.0 Å². The Kier molecular flexibility index (Phi) is 9.85. The fraction of sp³-hybridized carbons (Fsp3) is 0.629. The highest BCUT2D eigenvalue weighted by Crippen LogP contribution is 2.51. The summed E-state index contributed by atoms with van der Waals surface area (Å²) in [5.41, 5.74) is 2.14. The van der Waals surface area contributed by atoms with E-state index in [1.807, 2.05) is 4.90 Å². The first-order valence-electron chi connectivity index (χ1n) is 17.6. The lowest BCUT2D eigenvalue weighted by molar-refractivity contribution is -0.137. The summed E-state index contributed by atoms with van der Waals surface area (Å²) in [6.45, 7) is 5.64. The maximum absolute atomic E-state index is 17.1. The number of nitrogens with zero attached hydrogens (tertiary/aromatic N) is 6. The van der Waals surface area contributed by atoms with E-state index in [0.29, 0.717) is 45.4 Å². The summed E-state index contributed by atoms with van der Waals surface area (Å²) in [7, 11) is 0. The lowest BCUT2D eigenvalue weighted by atomic mass is 9.95. The molecule has 7 rings (SSSR count). The van der Waals surface area contributed by atoms with Crippen LogP contribution >= 0.6 is 11.6 Å². The van der Waals surface area contributed by atoms with Crippen molar-refractivity contribution in [2.45, 2.75) is 88.8 Å². The molecular formula is C35H42ClF6N7O2. The number of hydrogen-bond acceptors (Lipinski definition) is 9. The van der Waals surface area contributed by atoms with Crippen LogP contribution in [-0.2, 0) is 6.18 Å². The van der Waals surface area contributed by atoms with Gasteiger partial charge in [0.05, 0.1) is 45.5 Å². The largest absolute Gasteiger partial charge is 0.489 e. The first-order chi connectivity index (χ1) is 24.3. The van der Waals surface area contributed by atoms with Crippen molar-refractivity contribution in [2.24, 2.45) is 0 Å². The molecule has 4 atom stereocenters. The quantitative estimate of drug-likeness (QED) is 0.230. The topological polar surface area (TPSA) is 92.9 Å². The highest BCUT2D eigenvalue weighted by Gasteiger charge is 2.50. The second-order valence-electron chi connectivity index (χ2n) is 14.3. The summed E-state index contributed by atoms with van der Waals surface area (Å²) >= 11 is 6.88. The first-order valence-corrected chi connectivity index (χ1v) is 18.0. The zero-order valence-corrected chi connectivity index (χ0v) is 29.4. The Morgan fingerprint density at radius 1 is 1.18 bits per heavy atom. The number of fused-ring (bicyclic) bond motifs is 3. The van der Waals surface area contributed by atoms with Gasteiger partial charge in [0.1, 0.15) is 36.5 Å². The molecule has 1 aromatic carbocycles. The van der Waals surface area contributed by atoms with E-state index in [1.54, 1.807) is 0 Å². The number of alkyl halides is 5. The van der Waals surface area contributed by atoms with E-state index >= 15 is 4.39 Å². The molecule has 3 saturated heterocycles. The Hall–Kier alpha value is -3.30. The van der Waals surface area contributed by atoms with Gasteiger partial charge in [-0.3, -0.25) is 14.2 Å². The van der Waals surface area contributed by atoms with Crippen molar-refractivity contribution >= 4 is 34.1 Å². The van der Waals surface area contributed by atoms with Crippen LogP contribution in [0.15, 0.2) is 6.07 Å². The molecule has 0 aliphatic carbocycles. The predicted molar refractivity (Wildman–Crippen MR) is 183 cm³/mol. The molecule has 16 heteroatoms. The smallest absolute Gasteiger partial charge is 0.418 e. The lowest BCUT2D eigenvalue weighted by Gasteiger charge is -2.34. The minimum absolute atomic E-state index is 0.00167. The van der Waals surface area contributed by atoms with Gasteiger partial charge in [-0.2, -0.15) is 23.1 Å². The van der Waals surface area contributed by atoms with Crippen molar-refractivity contribution in [3.63, 3.8) is 0 Å². The molecule has 4 aliphatic rings. The van der Waals surface area contributed by atoms with Gasteiger partial charge in [0.25, 0.3) is 0 Å². The Morgan fingerprint density at radius 3 is 2.73 bits per heavy atom. The Morgan fingerprint density at radius 2 is 1.98 bits per heavy atom. The van der Waals surface area contributed by atoms with Crippen LogP contribution in [0.1, 0.15) is 63.0 Å². The minimum atomic E-state index is -4.92. The predicted octanol–water partition coefficient (Wildman–Crippen LogP) is 7.15. The summed E-state index contributed by atoms with van der Waals surface area (Å²) in [5, 5.41) is -0.308. The first kappa shape index (κ1) is 36.1. The molecule has 3 aromatic rings. The molecule has 278 valence electrons. The monoisotopic (exact) mass is 741 g/mol. The van der Waals surface area contributed by atoms with Crippen LogP contribution < -0.4 is 20.1 Å². The Labute approximate surface area is 297 Å². The molecule has 3 fully saturated rings. The van der Waals surface area contributed by atoms with Crippen molar-refractivity contribution in [2.75, 3.05) is 63.2 Å². The zero-order valence-electron chi connectivity index (χ0n) is 28.6. The Bertz CT molecular complexity index is 1800. The average molecular weight is 742 g/mol. The molecule has 4 aliphatic heterocycles. The highest BCUT2D eigenvalue weighted by molar-refractivity contribution is 6.36. The van der Waals surface area contributed by atoms with Crippen molar-refractivity contribution in [3.8, 4) is 23.0 Å². The Balaban J connectivity index is 1.42. The third-order valence-corrected chi connectivity index (χ3v) is 11.3. The van der Waals surface area contributed by atoms with Crippen LogP contribution in [0.25, 0.3) is 22.2 Å². The summed E-state index contributed by atoms with van der Waals surface area (Å²) in [4.78, 5) is 19.6. The highest BCUT2D eigenvalue weighted by atomic mass is 35.5. The van der Waals surface area contributed by atoms with Gasteiger partial charge in [-0.15, -0.1) is 0 Å². The van der Waals surface area contributed by atoms with Crippen LogP contribution in [0.4, 0.5) is 38.0 Å². The van der Waals surface area contributed by atoms with E-state index in [4.69, 9.17) is 31.8 Å². The van der Waals surface area contributed by atoms with Crippen molar-refractivity contribution < 1.29 is 35.8 Å². The number of pyridine rings is 1. The van der Waals surface area contributed by atoms with Gasteiger partial charge < -0.3 is 20.1 Å². The van der Waals surface area contributed by atoms with Gasteiger partial charge in [0.15, 0.2) is 11.6 Å². The van der Waals surface area contributed by atoms with Gasteiger partial charge >= 0.3 is 12.2 Å². The molecule has 0 amide bonds. The van der Waals surface area contributed by atoms with Gasteiger partial charge in [-0.1, -0.05) is 24.9 Å². The van der Waals surface area contributed by atoms with Crippen LogP contribution in [0.5, 0.6) is 11.8 Å². The number of rotatable bonds is 9. The lowest BCUT2D eigenvalue weighted by Crippen LogP contribution is -2.45. The third kappa shape index (κ3) is 6.51. The van der Waals surface area contributed by atoms with Gasteiger partial charge in [0.2, 0.25) is 0 Å². The fourth-order valence-corrected chi connectivity index (χ4v) is 8.98. The molecule has 0 spiro atoms. The maximum Gasteiger partial charge on any atom is 0.418 e. The normalized spacial score (nSPS) is 25.4. The number of ether oxygens (including phenoxy) is 2. The van der Waals surface area contributed by atoms with Crippen molar-refractivity contribution in [1.82, 2.24) is 24.8 Å². The van der Waals surface area contributed by atoms with E-state index in [-0.39, 0.29) is 71.6 Å². The summed E-state index contributed by atoms with van der Waals surface area (Å²) in [6.07, 6.45) is -1.43. The maximum atomic E-state index is 17.1. The minimum Gasteiger partial charge on any atom is -0.489 e. The molecule has 2 aromatic heterocycles. The second kappa shape index (κ2) is 13.9. The summed E-state index contributed by atoms with van der Waals surface area (Å²) in [5.74, 6) is -1.20. The van der Waals surface area contributed by atoms with Gasteiger partial charge in [0, 0.05) is 38.6 Å². The SMILES string of the molecule is CCC[C@@H]1CN2c3nc(OC[C@@]45CCCN4C[C@H](F)C5)nc4c(F)c(-c5nc(N)cc(C)c5C(F)(F)F)c(Cl)c(c34)OC[C@@H]2CCN1CCCF. The number of benzene rings is 1. The van der Waals surface area contributed by atoms with Crippen LogP contribution in [0.3, 0.4) is 0 Å².